The van der Waals surface area contributed by atoms with E-state index in [9.17, 15) is 18.0 Å². The Morgan fingerprint density at radius 3 is 2.52 bits per heavy atom. The van der Waals surface area contributed by atoms with E-state index in [0.29, 0.717) is 23.5 Å². The molecule has 8 nitrogen and oxygen atoms in total. The van der Waals surface area contributed by atoms with Gasteiger partial charge in [0.2, 0.25) is 0 Å². The van der Waals surface area contributed by atoms with Crippen LogP contribution in [0.4, 0.5) is 0 Å². The van der Waals surface area contributed by atoms with Gasteiger partial charge >= 0.3 is 5.97 Å². The summed E-state index contributed by atoms with van der Waals surface area (Å²) in [6, 6.07) is 4.14. The summed E-state index contributed by atoms with van der Waals surface area (Å²) in [6.45, 7) is -0.263. The first-order chi connectivity index (χ1) is 11.8. The normalized spacial score (nSPS) is 18.4. The minimum Gasteiger partial charge on any atom is -0.493 e. The second kappa shape index (κ2) is 7.73. The van der Waals surface area contributed by atoms with Crippen LogP contribution in [0.15, 0.2) is 18.2 Å². The fourth-order valence-corrected chi connectivity index (χ4v) is 4.33. The van der Waals surface area contributed by atoms with Crippen molar-refractivity contribution >= 4 is 21.7 Å². The molecule has 0 saturated carbocycles. The first-order valence-corrected chi connectivity index (χ1v) is 9.44. The van der Waals surface area contributed by atoms with Crippen molar-refractivity contribution in [2.45, 2.75) is 12.5 Å². The van der Waals surface area contributed by atoms with Crippen LogP contribution in [0.1, 0.15) is 16.8 Å². The monoisotopic (exact) mass is 371 g/mol. The van der Waals surface area contributed by atoms with Crippen molar-refractivity contribution in [3.63, 3.8) is 0 Å². The number of hydrogen-bond donors (Lipinski definition) is 0. The smallest absolute Gasteiger partial charge is 0.337 e. The maximum Gasteiger partial charge on any atom is 0.337 e. The summed E-state index contributed by atoms with van der Waals surface area (Å²) < 4.78 is 38.3. The zero-order valence-electron chi connectivity index (χ0n) is 14.4. The minimum absolute atomic E-state index is 0.0214. The molecule has 138 valence electrons. The number of benzene rings is 1. The summed E-state index contributed by atoms with van der Waals surface area (Å²) >= 11 is 0. The van der Waals surface area contributed by atoms with Gasteiger partial charge in [0, 0.05) is 13.1 Å². The van der Waals surface area contributed by atoms with Crippen molar-refractivity contribution in [2.75, 3.05) is 39.4 Å². The average Bonchev–Trinajstić information content (AvgIpc) is 2.97. The van der Waals surface area contributed by atoms with Crippen LogP contribution in [0.2, 0.25) is 0 Å². The quantitative estimate of drug-likeness (QED) is 0.672. The molecule has 0 N–H and O–H groups in total. The standard InChI is InChI=1S/C16H21NO7S/c1-17(12-6-7-25(20,21)10-12)15(18)9-24-13-5-4-11(16(19)23-3)8-14(13)22-2/h4-5,8,12H,6-7,9-10H2,1-3H3/t12-/m1/s1. The minimum atomic E-state index is -3.07. The third kappa shape index (κ3) is 4.62. The van der Waals surface area contributed by atoms with Gasteiger partial charge in [-0.3, -0.25) is 4.79 Å². The molecule has 0 radical (unpaired) electrons. The molecular weight excluding hydrogens is 350 g/mol. The summed E-state index contributed by atoms with van der Waals surface area (Å²) in [6.07, 6.45) is 0.432. The van der Waals surface area contributed by atoms with Gasteiger partial charge in [-0.05, 0) is 24.6 Å². The Bertz CT molecular complexity index is 760. The van der Waals surface area contributed by atoms with Crippen molar-refractivity contribution in [1.82, 2.24) is 4.90 Å². The molecule has 0 aromatic heterocycles. The number of carbonyl (C=O) groups excluding carboxylic acids is 2. The first-order valence-electron chi connectivity index (χ1n) is 7.62. The van der Waals surface area contributed by atoms with Gasteiger partial charge in [0.05, 0.1) is 31.3 Å². The van der Waals surface area contributed by atoms with E-state index in [4.69, 9.17) is 9.47 Å². The predicted molar refractivity (Wildman–Crippen MR) is 89.7 cm³/mol. The van der Waals surface area contributed by atoms with E-state index in [0.717, 1.165) is 0 Å². The summed E-state index contributed by atoms with van der Waals surface area (Å²) in [5.74, 6) is -0.173. The molecular formula is C16H21NO7S. The summed E-state index contributed by atoms with van der Waals surface area (Å²) in [4.78, 5) is 25.1. The average molecular weight is 371 g/mol. The van der Waals surface area contributed by atoms with Crippen LogP contribution in [-0.4, -0.2) is 70.6 Å². The lowest BCUT2D eigenvalue weighted by Gasteiger charge is -2.23. The Kier molecular flexibility index (Phi) is 5.89. The fraction of sp³-hybridized carbons (Fsp3) is 0.500. The molecule has 0 spiro atoms. The molecule has 0 bridgehead atoms. The van der Waals surface area contributed by atoms with Gasteiger partial charge in [-0.15, -0.1) is 0 Å². The third-order valence-corrected chi connectivity index (χ3v) is 5.84. The fourth-order valence-electron chi connectivity index (χ4n) is 2.56. The predicted octanol–water partition coefficient (Wildman–Crippen LogP) is 0.506. The summed E-state index contributed by atoms with van der Waals surface area (Å²) in [5, 5.41) is 0. The molecule has 1 atom stereocenters. The van der Waals surface area contributed by atoms with Crippen LogP contribution in [0.3, 0.4) is 0 Å². The van der Waals surface area contributed by atoms with E-state index in [1.165, 1.54) is 37.3 Å². The van der Waals surface area contributed by atoms with Gasteiger partial charge in [0.1, 0.15) is 0 Å². The van der Waals surface area contributed by atoms with Gasteiger partial charge in [-0.25, -0.2) is 13.2 Å². The Morgan fingerprint density at radius 1 is 1.24 bits per heavy atom. The molecule has 1 aliphatic heterocycles. The molecule has 1 aromatic carbocycles. The van der Waals surface area contributed by atoms with Gasteiger partial charge in [0.25, 0.3) is 5.91 Å². The molecule has 0 aliphatic carbocycles. The van der Waals surface area contributed by atoms with Gasteiger partial charge in [-0.2, -0.15) is 0 Å². The molecule has 0 unspecified atom stereocenters. The molecule has 1 saturated heterocycles. The van der Waals surface area contributed by atoms with Crippen LogP contribution < -0.4 is 9.47 Å². The number of amides is 1. The SMILES string of the molecule is COC(=O)c1ccc(OCC(=O)N(C)[C@@H]2CCS(=O)(=O)C2)c(OC)c1. The van der Waals surface area contributed by atoms with Crippen LogP contribution in [0.5, 0.6) is 11.5 Å². The van der Waals surface area contributed by atoms with E-state index in [1.54, 1.807) is 7.05 Å². The topological polar surface area (TPSA) is 99.2 Å². The van der Waals surface area contributed by atoms with Crippen LogP contribution in [-0.2, 0) is 19.4 Å². The highest BCUT2D eigenvalue weighted by atomic mass is 32.2. The number of ether oxygens (including phenoxy) is 3. The van der Waals surface area contributed by atoms with Crippen molar-refractivity contribution < 1.29 is 32.2 Å². The third-order valence-electron chi connectivity index (χ3n) is 4.09. The zero-order valence-corrected chi connectivity index (χ0v) is 15.2. The molecule has 1 heterocycles. The van der Waals surface area contributed by atoms with E-state index >= 15 is 0 Å². The number of hydrogen-bond acceptors (Lipinski definition) is 7. The molecule has 9 heteroatoms. The van der Waals surface area contributed by atoms with E-state index in [1.807, 2.05) is 0 Å². The lowest BCUT2D eigenvalue weighted by molar-refractivity contribution is -0.133. The van der Waals surface area contributed by atoms with Crippen molar-refractivity contribution in [2.24, 2.45) is 0 Å². The van der Waals surface area contributed by atoms with Crippen molar-refractivity contribution in [1.29, 1.82) is 0 Å². The highest BCUT2D eigenvalue weighted by Gasteiger charge is 2.32. The Hall–Kier alpha value is -2.29. The number of rotatable bonds is 6. The highest BCUT2D eigenvalue weighted by Crippen LogP contribution is 2.28. The maximum atomic E-state index is 12.2. The number of carbonyl (C=O) groups is 2. The lowest BCUT2D eigenvalue weighted by Crippen LogP contribution is -2.40. The van der Waals surface area contributed by atoms with E-state index in [2.05, 4.69) is 4.74 Å². The number of likely N-dealkylation sites (N-methyl/N-ethyl adjacent to an activating group) is 1. The summed E-state index contributed by atoms with van der Waals surface area (Å²) in [5.41, 5.74) is 0.298. The van der Waals surface area contributed by atoms with Crippen LogP contribution in [0, 0.1) is 0 Å². The second-order valence-corrected chi connectivity index (χ2v) is 7.94. The van der Waals surface area contributed by atoms with Gasteiger partial charge < -0.3 is 19.1 Å². The second-order valence-electron chi connectivity index (χ2n) is 5.71. The van der Waals surface area contributed by atoms with Crippen molar-refractivity contribution in [3.8, 4) is 11.5 Å². The van der Waals surface area contributed by atoms with Crippen LogP contribution >= 0.6 is 0 Å². The van der Waals surface area contributed by atoms with E-state index < -0.39 is 15.8 Å². The highest BCUT2D eigenvalue weighted by molar-refractivity contribution is 7.91. The number of esters is 1. The van der Waals surface area contributed by atoms with Crippen LogP contribution in [0.25, 0.3) is 0 Å². The lowest BCUT2D eigenvalue weighted by atomic mass is 10.2. The molecule has 1 fully saturated rings. The van der Waals surface area contributed by atoms with Crippen molar-refractivity contribution in [3.05, 3.63) is 23.8 Å². The van der Waals surface area contributed by atoms with E-state index in [-0.39, 0.29) is 30.1 Å². The maximum absolute atomic E-state index is 12.2. The number of methoxy groups -OCH3 is 2. The first kappa shape index (κ1) is 19.0. The Balaban J connectivity index is 2.00. The molecule has 2 rings (SSSR count). The number of sulfone groups is 1. The van der Waals surface area contributed by atoms with Gasteiger partial charge in [0.15, 0.2) is 27.9 Å². The molecule has 1 amide bonds. The Morgan fingerprint density at radius 2 is 1.96 bits per heavy atom. The Labute approximate surface area is 146 Å². The van der Waals surface area contributed by atoms with Gasteiger partial charge in [-0.1, -0.05) is 0 Å². The molecule has 1 aromatic rings. The largest absolute Gasteiger partial charge is 0.493 e. The summed E-state index contributed by atoms with van der Waals surface area (Å²) in [7, 11) is 1.19. The number of nitrogens with zero attached hydrogens (tertiary/aromatic N) is 1. The molecule has 1 aliphatic rings. The zero-order chi connectivity index (χ0) is 18.6. The molecule has 25 heavy (non-hydrogen) atoms.